The summed E-state index contributed by atoms with van der Waals surface area (Å²) >= 11 is 1.81. The predicted octanol–water partition coefficient (Wildman–Crippen LogP) is 2.99. The second kappa shape index (κ2) is 5.37. The third-order valence-electron chi connectivity index (χ3n) is 2.18. The molecule has 0 saturated carbocycles. The van der Waals surface area contributed by atoms with E-state index >= 15 is 0 Å². The Bertz CT molecular complexity index is 286. The van der Waals surface area contributed by atoms with Gasteiger partial charge in [-0.15, -0.1) is 11.8 Å². The van der Waals surface area contributed by atoms with Gasteiger partial charge >= 0.3 is 0 Å². The Kier molecular flexibility index (Phi) is 4.42. The molecule has 78 valence electrons. The van der Waals surface area contributed by atoms with E-state index in [1.165, 1.54) is 0 Å². The van der Waals surface area contributed by atoms with E-state index in [0.29, 0.717) is 5.25 Å². The van der Waals surface area contributed by atoms with Crippen LogP contribution in [0.5, 0.6) is 0 Å². The number of nitrogens with two attached hydrogens (primary N) is 1. The van der Waals surface area contributed by atoms with Crippen molar-refractivity contribution in [1.82, 2.24) is 4.98 Å². The zero-order valence-corrected chi connectivity index (χ0v) is 9.84. The highest BCUT2D eigenvalue weighted by Gasteiger charge is 2.05. The van der Waals surface area contributed by atoms with Gasteiger partial charge < -0.3 is 5.73 Å². The number of aromatic nitrogens is 1. The van der Waals surface area contributed by atoms with Crippen LogP contribution >= 0.6 is 11.8 Å². The highest BCUT2D eigenvalue weighted by atomic mass is 32.2. The van der Waals surface area contributed by atoms with Crippen molar-refractivity contribution in [3.8, 4) is 0 Å². The molecular formula is C11H18N2S. The van der Waals surface area contributed by atoms with Crippen LogP contribution in [0.3, 0.4) is 0 Å². The van der Waals surface area contributed by atoms with E-state index in [1.54, 1.807) is 0 Å². The lowest BCUT2D eigenvalue weighted by atomic mass is 10.1. The fraction of sp³-hybridized carbons (Fsp3) is 0.545. The number of hydrogen-bond acceptors (Lipinski definition) is 3. The van der Waals surface area contributed by atoms with Gasteiger partial charge in [0.2, 0.25) is 0 Å². The molecule has 1 rings (SSSR count). The SMILES string of the molecule is CCC(C)Sc1cc([C@H](C)N)ccn1. The minimum absolute atomic E-state index is 0.0919. The summed E-state index contributed by atoms with van der Waals surface area (Å²) in [6.45, 7) is 6.39. The molecule has 0 aliphatic rings. The highest BCUT2D eigenvalue weighted by Crippen LogP contribution is 2.24. The van der Waals surface area contributed by atoms with Crippen LogP contribution in [0.15, 0.2) is 23.4 Å². The topological polar surface area (TPSA) is 38.9 Å². The van der Waals surface area contributed by atoms with Gasteiger partial charge in [-0.1, -0.05) is 13.8 Å². The van der Waals surface area contributed by atoms with E-state index < -0.39 is 0 Å². The zero-order chi connectivity index (χ0) is 10.6. The summed E-state index contributed by atoms with van der Waals surface area (Å²) in [5.41, 5.74) is 6.97. The van der Waals surface area contributed by atoms with Gasteiger partial charge in [-0.25, -0.2) is 4.98 Å². The molecule has 1 heterocycles. The molecule has 0 saturated heterocycles. The molecule has 0 amide bonds. The van der Waals surface area contributed by atoms with Crippen LogP contribution in [0.4, 0.5) is 0 Å². The van der Waals surface area contributed by atoms with Crippen molar-refractivity contribution in [1.29, 1.82) is 0 Å². The Hall–Kier alpha value is -0.540. The lowest BCUT2D eigenvalue weighted by Gasteiger charge is -2.10. The molecule has 2 atom stereocenters. The monoisotopic (exact) mass is 210 g/mol. The van der Waals surface area contributed by atoms with E-state index in [2.05, 4.69) is 24.9 Å². The molecule has 0 aromatic carbocycles. The molecule has 1 unspecified atom stereocenters. The second-order valence-electron chi connectivity index (χ2n) is 3.55. The van der Waals surface area contributed by atoms with Gasteiger partial charge in [0.1, 0.15) is 0 Å². The number of nitrogens with zero attached hydrogens (tertiary/aromatic N) is 1. The normalized spacial score (nSPS) is 15.1. The molecule has 14 heavy (non-hydrogen) atoms. The second-order valence-corrected chi connectivity index (χ2v) is 5.01. The minimum Gasteiger partial charge on any atom is -0.324 e. The van der Waals surface area contributed by atoms with Gasteiger partial charge in [0, 0.05) is 17.5 Å². The van der Waals surface area contributed by atoms with E-state index in [1.807, 2.05) is 30.9 Å². The molecule has 0 fully saturated rings. The highest BCUT2D eigenvalue weighted by molar-refractivity contribution is 7.99. The van der Waals surface area contributed by atoms with Crippen molar-refractivity contribution < 1.29 is 0 Å². The van der Waals surface area contributed by atoms with Crippen LogP contribution in [0.25, 0.3) is 0 Å². The first kappa shape index (κ1) is 11.5. The van der Waals surface area contributed by atoms with Crippen LogP contribution in [-0.4, -0.2) is 10.2 Å². The lowest BCUT2D eigenvalue weighted by molar-refractivity contribution is 0.807. The Labute approximate surface area is 90.3 Å². The fourth-order valence-electron chi connectivity index (χ4n) is 1.06. The number of pyridine rings is 1. The van der Waals surface area contributed by atoms with Gasteiger partial charge in [0.05, 0.1) is 5.03 Å². The molecule has 0 bridgehead atoms. The standard InChI is InChI=1S/C11H18N2S/c1-4-8(2)14-11-7-10(9(3)12)5-6-13-11/h5-9H,4,12H2,1-3H3/t8?,9-/m0/s1. The van der Waals surface area contributed by atoms with Crippen LogP contribution < -0.4 is 5.73 Å². The van der Waals surface area contributed by atoms with Gasteiger partial charge in [-0.3, -0.25) is 0 Å². The molecule has 3 heteroatoms. The third kappa shape index (κ3) is 3.31. The van der Waals surface area contributed by atoms with Gasteiger partial charge in [-0.2, -0.15) is 0 Å². The van der Waals surface area contributed by atoms with E-state index in [9.17, 15) is 0 Å². The van der Waals surface area contributed by atoms with Crippen molar-refractivity contribution in [2.45, 2.75) is 43.5 Å². The fourth-order valence-corrected chi connectivity index (χ4v) is 1.97. The maximum absolute atomic E-state index is 5.81. The van der Waals surface area contributed by atoms with Crippen molar-refractivity contribution in [2.24, 2.45) is 5.73 Å². The molecule has 0 aliphatic heterocycles. The number of rotatable bonds is 4. The summed E-state index contributed by atoms with van der Waals surface area (Å²) in [5, 5.41) is 1.69. The molecular weight excluding hydrogens is 192 g/mol. The van der Waals surface area contributed by atoms with E-state index in [-0.39, 0.29) is 6.04 Å². The van der Waals surface area contributed by atoms with Crippen molar-refractivity contribution in [3.63, 3.8) is 0 Å². The molecule has 2 N–H and O–H groups in total. The Morgan fingerprint density at radius 1 is 1.50 bits per heavy atom. The summed E-state index contributed by atoms with van der Waals surface area (Å²) in [6, 6.07) is 4.15. The molecule has 1 aromatic rings. The van der Waals surface area contributed by atoms with Crippen molar-refractivity contribution in [2.75, 3.05) is 0 Å². The average molecular weight is 210 g/mol. The summed E-state index contributed by atoms with van der Waals surface area (Å²) in [5.74, 6) is 0. The Balaban J connectivity index is 2.73. The summed E-state index contributed by atoms with van der Waals surface area (Å²) in [6.07, 6.45) is 3.00. The summed E-state index contributed by atoms with van der Waals surface area (Å²) < 4.78 is 0. The predicted molar refractivity (Wildman–Crippen MR) is 62.4 cm³/mol. The van der Waals surface area contributed by atoms with Crippen LogP contribution in [0.2, 0.25) is 0 Å². The third-order valence-corrected chi connectivity index (χ3v) is 3.38. The van der Waals surface area contributed by atoms with Crippen LogP contribution in [0.1, 0.15) is 38.8 Å². The first-order chi connectivity index (χ1) is 6.63. The maximum atomic E-state index is 5.81. The maximum Gasteiger partial charge on any atom is 0.0965 e. The van der Waals surface area contributed by atoms with Crippen LogP contribution in [0, 0.1) is 0 Å². The summed E-state index contributed by atoms with van der Waals surface area (Å²) in [7, 11) is 0. The largest absolute Gasteiger partial charge is 0.324 e. The van der Waals surface area contributed by atoms with Crippen molar-refractivity contribution >= 4 is 11.8 Å². The van der Waals surface area contributed by atoms with Crippen molar-refractivity contribution in [3.05, 3.63) is 23.9 Å². The van der Waals surface area contributed by atoms with Gasteiger partial charge in [-0.05, 0) is 31.0 Å². The van der Waals surface area contributed by atoms with Gasteiger partial charge in [0.15, 0.2) is 0 Å². The first-order valence-electron chi connectivity index (χ1n) is 5.01. The van der Waals surface area contributed by atoms with E-state index in [0.717, 1.165) is 17.0 Å². The van der Waals surface area contributed by atoms with Crippen LogP contribution in [-0.2, 0) is 0 Å². The molecule has 0 spiro atoms. The zero-order valence-electron chi connectivity index (χ0n) is 9.03. The molecule has 1 aromatic heterocycles. The minimum atomic E-state index is 0.0919. The summed E-state index contributed by atoms with van der Waals surface area (Å²) in [4.78, 5) is 4.32. The van der Waals surface area contributed by atoms with Gasteiger partial charge in [0.25, 0.3) is 0 Å². The Morgan fingerprint density at radius 2 is 2.21 bits per heavy atom. The smallest absolute Gasteiger partial charge is 0.0965 e. The number of thioether (sulfide) groups is 1. The average Bonchev–Trinajstić information content (AvgIpc) is 2.18. The Morgan fingerprint density at radius 3 is 2.79 bits per heavy atom. The quantitative estimate of drug-likeness (QED) is 0.776. The number of hydrogen-bond donors (Lipinski definition) is 1. The molecule has 0 aliphatic carbocycles. The lowest BCUT2D eigenvalue weighted by Crippen LogP contribution is -2.05. The molecule has 2 nitrogen and oxygen atoms in total. The van der Waals surface area contributed by atoms with E-state index in [4.69, 9.17) is 5.73 Å². The first-order valence-corrected chi connectivity index (χ1v) is 5.89. The molecule has 0 radical (unpaired) electrons.